The van der Waals surface area contributed by atoms with Gasteiger partial charge in [0.15, 0.2) is 12.1 Å². The predicted octanol–water partition coefficient (Wildman–Crippen LogP) is 15.3. The SMILES string of the molecule is CC/C=C/C/C=C/C/C=C/C/C=C/C/C=C/CCCCCCCCC(=O)OCC(COCCC(C(=O)O)[N+](C)(C)C)OC(=O)CCCCCCCCCCCCCCCCCCCC. The first-order chi connectivity index (χ1) is 31.1. The van der Waals surface area contributed by atoms with Gasteiger partial charge < -0.3 is 23.8 Å². The molecule has 0 saturated carbocycles. The molecule has 0 spiro atoms. The van der Waals surface area contributed by atoms with Gasteiger partial charge in [0.25, 0.3) is 0 Å². The third-order valence-corrected chi connectivity index (χ3v) is 11.7. The largest absolute Gasteiger partial charge is 0.477 e. The van der Waals surface area contributed by atoms with Gasteiger partial charge in [0, 0.05) is 19.3 Å². The monoisotopic (exact) mass is 899 g/mol. The van der Waals surface area contributed by atoms with Crippen LogP contribution in [0.2, 0.25) is 0 Å². The lowest BCUT2D eigenvalue weighted by molar-refractivity contribution is -0.887. The molecule has 0 radical (unpaired) electrons. The number of carbonyl (C=O) groups is 3. The first-order valence-corrected chi connectivity index (χ1v) is 26.3. The van der Waals surface area contributed by atoms with E-state index in [0.717, 1.165) is 83.5 Å². The number of esters is 2. The number of unbranched alkanes of at least 4 members (excludes halogenated alkanes) is 23. The predicted molar refractivity (Wildman–Crippen MR) is 271 cm³/mol. The Morgan fingerprint density at radius 1 is 0.484 bits per heavy atom. The quantitative estimate of drug-likeness (QED) is 0.0281. The average molecular weight is 899 g/mol. The Kier molecular flexibility index (Phi) is 44.4. The molecule has 370 valence electrons. The van der Waals surface area contributed by atoms with Gasteiger partial charge in [-0.15, -0.1) is 0 Å². The summed E-state index contributed by atoms with van der Waals surface area (Å²) in [6, 6.07) is -0.618. The lowest BCUT2D eigenvalue weighted by atomic mass is 10.0. The Labute approximate surface area is 394 Å². The number of likely N-dealkylation sites (N-methyl/N-ethyl adjacent to an activating group) is 1. The summed E-state index contributed by atoms with van der Waals surface area (Å²) in [5.41, 5.74) is 0. The van der Waals surface area contributed by atoms with Gasteiger partial charge in [-0.25, -0.2) is 4.79 Å². The van der Waals surface area contributed by atoms with Crippen LogP contribution in [0.4, 0.5) is 0 Å². The van der Waals surface area contributed by atoms with Crippen molar-refractivity contribution in [2.45, 2.75) is 238 Å². The summed E-state index contributed by atoms with van der Waals surface area (Å²) in [7, 11) is 5.53. The van der Waals surface area contributed by atoms with Crippen LogP contribution in [0.25, 0.3) is 0 Å². The number of quaternary nitrogens is 1. The van der Waals surface area contributed by atoms with Crippen LogP contribution >= 0.6 is 0 Å². The Balaban J connectivity index is 4.25. The molecule has 0 aliphatic rings. The standard InChI is InChI=1S/C56H99NO7/c1-6-8-10-12-14-16-18-20-22-24-26-27-28-29-31-32-34-36-38-40-42-44-46-54(58)63-51-52(50-62-49-48-53(56(60)61)57(3,4)5)64-55(59)47-45-43-41-39-37-35-33-30-25-23-21-19-17-15-13-11-9-7-2/h8,10,14,16,20,22,26-27,29,31,52-53H,6-7,9,11-13,15,17-19,21,23-25,28,30,32-51H2,1-5H3/p+1/b10-8+,16-14+,22-20+,27-26+,31-29+. The maximum atomic E-state index is 12.8. The molecule has 0 aliphatic carbocycles. The Hall–Kier alpha value is -2.97. The van der Waals surface area contributed by atoms with E-state index in [-0.39, 0.29) is 36.2 Å². The minimum absolute atomic E-state index is 0.0568. The average Bonchev–Trinajstić information content (AvgIpc) is 3.26. The lowest BCUT2D eigenvalue weighted by Gasteiger charge is -2.31. The van der Waals surface area contributed by atoms with Crippen LogP contribution in [0.5, 0.6) is 0 Å². The maximum absolute atomic E-state index is 12.8. The third-order valence-electron chi connectivity index (χ3n) is 11.7. The number of hydrogen-bond acceptors (Lipinski definition) is 6. The third kappa shape index (κ3) is 44.2. The maximum Gasteiger partial charge on any atom is 0.362 e. The number of carbonyl (C=O) groups excluding carboxylic acids is 2. The van der Waals surface area contributed by atoms with Crippen LogP contribution in [0.15, 0.2) is 60.8 Å². The number of carboxylic acid groups (broad SMARTS) is 1. The molecule has 0 aromatic rings. The molecule has 0 bridgehead atoms. The number of nitrogens with zero attached hydrogens (tertiary/aromatic N) is 1. The van der Waals surface area contributed by atoms with E-state index >= 15 is 0 Å². The number of allylic oxidation sites excluding steroid dienone is 10. The number of ether oxygens (including phenoxy) is 3. The van der Waals surface area contributed by atoms with Crippen LogP contribution < -0.4 is 0 Å². The highest BCUT2D eigenvalue weighted by Gasteiger charge is 2.31. The molecule has 64 heavy (non-hydrogen) atoms. The van der Waals surface area contributed by atoms with Gasteiger partial charge in [-0.05, 0) is 57.8 Å². The molecule has 0 heterocycles. The molecule has 2 unspecified atom stereocenters. The second kappa shape index (κ2) is 46.6. The van der Waals surface area contributed by atoms with E-state index in [1.54, 1.807) is 0 Å². The zero-order chi connectivity index (χ0) is 47.0. The van der Waals surface area contributed by atoms with Crippen molar-refractivity contribution in [3.63, 3.8) is 0 Å². The van der Waals surface area contributed by atoms with Crippen LogP contribution in [-0.2, 0) is 28.6 Å². The van der Waals surface area contributed by atoms with Crippen molar-refractivity contribution in [3.8, 4) is 0 Å². The van der Waals surface area contributed by atoms with Crippen LogP contribution in [-0.4, -0.2) is 80.6 Å². The van der Waals surface area contributed by atoms with Crippen molar-refractivity contribution in [1.82, 2.24) is 0 Å². The van der Waals surface area contributed by atoms with E-state index in [9.17, 15) is 19.5 Å². The second-order valence-electron chi connectivity index (χ2n) is 18.8. The molecule has 8 nitrogen and oxygen atoms in total. The van der Waals surface area contributed by atoms with Crippen molar-refractivity contribution >= 4 is 17.9 Å². The highest BCUT2D eigenvalue weighted by Crippen LogP contribution is 2.16. The molecule has 1 N–H and O–H groups in total. The Morgan fingerprint density at radius 3 is 1.30 bits per heavy atom. The van der Waals surface area contributed by atoms with Crippen molar-refractivity contribution in [2.24, 2.45) is 0 Å². The number of hydrogen-bond donors (Lipinski definition) is 1. The molecule has 0 aromatic carbocycles. The Morgan fingerprint density at radius 2 is 0.875 bits per heavy atom. The van der Waals surface area contributed by atoms with Gasteiger partial charge in [0.05, 0.1) is 34.4 Å². The van der Waals surface area contributed by atoms with E-state index < -0.39 is 18.1 Å². The number of aliphatic carboxylic acids is 1. The minimum atomic E-state index is -0.876. The molecule has 0 fully saturated rings. The van der Waals surface area contributed by atoms with E-state index in [0.29, 0.717) is 19.3 Å². The van der Waals surface area contributed by atoms with Crippen molar-refractivity contribution in [3.05, 3.63) is 60.8 Å². The van der Waals surface area contributed by atoms with E-state index in [1.165, 1.54) is 109 Å². The van der Waals surface area contributed by atoms with Crippen LogP contribution in [0, 0.1) is 0 Å². The fraction of sp³-hybridized carbons (Fsp3) is 0.768. The molecule has 0 saturated heterocycles. The van der Waals surface area contributed by atoms with Gasteiger partial charge in [0.1, 0.15) is 6.61 Å². The molecular formula is C56H100NO7+. The summed E-state index contributed by atoms with van der Waals surface area (Å²) in [5.74, 6) is -1.48. The molecule has 0 amide bonds. The summed E-state index contributed by atoms with van der Waals surface area (Å²) >= 11 is 0. The summed E-state index contributed by atoms with van der Waals surface area (Å²) in [4.78, 5) is 37.2. The molecule has 0 rings (SSSR count). The highest BCUT2D eigenvalue weighted by molar-refractivity contribution is 5.72. The highest BCUT2D eigenvalue weighted by atomic mass is 16.6. The van der Waals surface area contributed by atoms with Gasteiger partial charge in [-0.2, -0.15) is 0 Å². The second-order valence-corrected chi connectivity index (χ2v) is 18.8. The molecule has 2 atom stereocenters. The fourth-order valence-corrected chi connectivity index (χ4v) is 7.65. The molecule has 8 heteroatoms. The summed E-state index contributed by atoms with van der Waals surface area (Å²) in [5, 5.41) is 9.66. The van der Waals surface area contributed by atoms with Gasteiger partial charge in [-0.3, -0.25) is 9.59 Å². The zero-order valence-electron chi connectivity index (χ0n) is 42.2. The van der Waals surface area contributed by atoms with E-state index in [1.807, 2.05) is 21.1 Å². The molecule has 0 aliphatic heterocycles. The minimum Gasteiger partial charge on any atom is -0.477 e. The van der Waals surface area contributed by atoms with Gasteiger partial charge in [0.2, 0.25) is 0 Å². The first kappa shape index (κ1) is 61.0. The zero-order valence-corrected chi connectivity index (χ0v) is 42.2. The summed E-state index contributed by atoms with van der Waals surface area (Å²) in [6.07, 6.45) is 58.4. The normalized spacial score (nSPS) is 13.3. The van der Waals surface area contributed by atoms with E-state index in [2.05, 4.69) is 74.6 Å². The number of rotatable bonds is 47. The summed E-state index contributed by atoms with van der Waals surface area (Å²) < 4.78 is 17.4. The molecule has 0 aromatic heterocycles. The first-order valence-electron chi connectivity index (χ1n) is 26.3. The van der Waals surface area contributed by atoms with Crippen molar-refractivity contribution in [1.29, 1.82) is 0 Å². The van der Waals surface area contributed by atoms with Crippen LogP contribution in [0.1, 0.15) is 226 Å². The van der Waals surface area contributed by atoms with Crippen LogP contribution in [0.3, 0.4) is 0 Å². The van der Waals surface area contributed by atoms with Gasteiger partial charge in [-0.1, -0.05) is 209 Å². The molecular weight excluding hydrogens is 799 g/mol. The Bertz CT molecular complexity index is 1230. The van der Waals surface area contributed by atoms with Gasteiger partial charge >= 0.3 is 17.9 Å². The topological polar surface area (TPSA) is 99.1 Å². The number of carboxylic acids is 1. The smallest absolute Gasteiger partial charge is 0.362 e. The van der Waals surface area contributed by atoms with Crippen molar-refractivity contribution < 1.29 is 38.2 Å². The summed E-state index contributed by atoms with van der Waals surface area (Å²) in [6.45, 7) is 4.63. The lowest BCUT2D eigenvalue weighted by Crippen LogP contribution is -2.50. The van der Waals surface area contributed by atoms with Crippen molar-refractivity contribution in [2.75, 3.05) is 41.0 Å². The van der Waals surface area contributed by atoms with E-state index in [4.69, 9.17) is 14.2 Å². The fourth-order valence-electron chi connectivity index (χ4n) is 7.65.